The maximum atomic E-state index is 13.3. The van der Waals surface area contributed by atoms with E-state index in [9.17, 15) is 4.79 Å². The second-order valence-electron chi connectivity index (χ2n) is 7.05. The van der Waals surface area contributed by atoms with Gasteiger partial charge in [0.25, 0.3) is 0 Å². The SMILES string of the molecule is Cc1nccc(N2CCCC2)c1N1CCN(c2ccc3ncsc3c2)C1=O. The number of carbonyl (C=O) groups excluding carboxylic acids is 1. The molecule has 0 atom stereocenters. The van der Waals surface area contributed by atoms with Crippen LogP contribution in [-0.2, 0) is 0 Å². The normalized spacial score (nSPS) is 17.5. The number of hydrogen-bond donors (Lipinski definition) is 0. The predicted molar refractivity (Wildman–Crippen MR) is 110 cm³/mol. The van der Waals surface area contributed by atoms with Crippen LogP contribution in [0.25, 0.3) is 10.2 Å². The number of amides is 2. The number of rotatable bonds is 3. The molecule has 3 aromatic rings. The van der Waals surface area contributed by atoms with E-state index >= 15 is 0 Å². The molecule has 0 saturated carbocycles. The number of fused-ring (bicyclic) bond motifs is 1. The van der Waals surface area contributed by atoms with Crippen LogP contribution in [0.15, 0.2) is 36.0 Å². The van der Waals surface area contributed by atoms with Crippen molar-refractivity contribution in [2.45, 2.75) is 19.8 Å². The van der Waals surface area contributed by atoms with E-state index in [1.54, 1.807) is 11.3 Å². The van der Waals surface area contributed by atoms with Gasteiger partial charge in [-0.1, -0.05) is 0 Å². The lowest BCUT2D eigenvalue weighted by atomic mass is 10.2. The first-order valence-electron chi connectivity index (χ1n) is 9.35. The summed E-state index contributed by atoms with van der Waals surface area (Å²) < 4.78 is 1.11. The number of benzene rings is 1. The molecule has 2 aliphatic heterocycles. The van der Waals surface area contributed by atoms with Gasteiger partial charge in [-0.2, -0.15) is 0 Å². The van der Waals surface area contributed by atoms with E-state index in [2.05, 4.69) is 20.9 Å². The van der Waals surface area contributed by atoms with Crippen LogP contribution in [0.4, 0.5) is 21.9 Å². The van der Waals surface area contributed by atoms with Gasteiger partial charge in [0.15, 0.2) is 0 Å². The minimum absolute atomic E-state index is 0.0235. The first-order valence-corrected chi connectivity index (χ1v) is 10.2. The van der Waals surface area contributed by atoms with Crippen molar-refractivity contribution in [1.29, 1.82) is 0 Å². The molecule has 5 rings (SSSR count). The summed E-state index contributed by atoms with van der Waals surface area (Å²) in [6, 6.07) is 8.11. The van der Waals surface area contributed by atoms with Gasteiger partial charge in [0.05, 0.1) is 32.8 Å². The Bertz CT molecular complexity index is 1010. The van der Waals surface area contributed by atoms with E-state index < -0.39 is 0 Å². The Hall–Kier alpha value is -2.67. The highest BCUT2D eigenvalue weighted by molar-refractivity contribution is 7.16. The number of aryl methyl sites for hydroxylation is 1. The summed E-state index contributed by atoms with van der Waals surface area (Å²) in [5, 5.41) is 0. The first kappa shape index (κ1) is 16.5. The molecule has 138 valence electrons. The molecule has 2 aliphatic rings. The standard InChI is InChI=1S/C20H21N5OS/c1-14-19(17(6-7-21-14)23-8-2-3-9-23)25-11-10-24(20(25)26)15-4-5-16-18(12-15)27-13-22-16/h4-7,12-13H,2-3,8-11H2,1H3. The molecule has 2 saturated heterocycles. The van der Waals surface area contributed by atoms with Crippen LogP contribution < -0.4 is 14.7 Å². The van der Waals surface area contributed by atoms with Crippen LogP contribution in [0, 0.1) is 6.92 Å². The van der Waals surface area contributed by atoms with Crippen molar-refractivity contribution in [2.75, 3.05) is 40.9 Å². The van der Waals surface area contributed by atoms with Gasteiger partial charge in [-0.15, -0.1) is 11.3 Å². The van der Waals surface area contributed by atoms with Crippen LogP contribution in [-0.4, -0.2) is 42.2 Å². The molecule has 0 spiro atoms. The zero-order valence-corrected chi connectivity index (χ0v) is 16.1. The van der Waals surface area contributed by atoms with E-state index in [0.717, 1.165) is 46.1 Å². The molecule has 2 fully saturated rings. The highest BCUT2D eigenvalue weighted by Gasteiger charge is 2.34. The average Bonchev–Trinajstić information content (AvgIpc) is 3.42. The largest absolute Gasteiger partial charge is 0.370 e. The molecule has 4 heterocycles. The van der Waals surface area contributed by atoms with Crippen LogP contribution in [0.5, 0.6) is 0 Å². The van der Waals surface area contributed by atoms with Crippen LogP contribution in [0.2, 0.25) is 0 Å². The van der Waals surface area contributed by atoms with Gasteiger partial charge < -0.3 is 4.90 Å². The number of anilines is 3. The fraction of sp³-hybridized carbons (Fsp3) is 0.350. The van der Waals surface area contributed by atoms with Crippen molar-refractivity contribution in [3.05, 3.63) is 41.7 Å². The van der Waals surface area contributed by atoms with Crippen molar-refractivity contribution in [3.63, 3.8) is 0 Å². The van der Waals surface area contributed by atoms with Crippen molar-refractivity contribution >= 4 is 44.6 Å². The lowest BCUT2D eigenvalue weighted by Gasteiger charge is -2.27. The smallest absolute Gasteiger partial charge is 0.329 e. The Morgan fingerprint density at radius 3 is 2.67 bits per heavy atom. The Balaban J connectivity index is 1.50. The summed E-state index contributed by atoms with van der Waals surface area (Å²) in [4.78, 5) is 28.2. The summed E-state index contributed by atoms with van der Waals surface area (Å²) in [5.41, 5.74) is 6.76. The summed E-state index contributed by atoms with van der Waals surface area (Å²) in [6.07, 6.45) is 4.26. The molecule has 6 nitrogen and oxygen atoms in total. The van der Waals surface area contributed by atoms with E-state index in [1.165, 1.54) is 12.8 Å². The zero-order valence-electron chi connectivity index (χ0n) is 15.3. The number of carbonyl (C=O) groups is 1. The Kier molecular flexibility index (Phi) is 3.97. The molecule has 0 aliphatic carbocycles. The van der Waals surface area contributed by atoms with Crippen LogP contribution >= 0.6 is 11.3 Å². The molecule has 0 unspecified atom stereocenters. The van der Waals surface area contributed by atoms with E-state index in [0.29, 0.717) is 13.1 Å². The fourth-order valence-electron chi connectivity index (χ4n) is 4.09. The van der Waals surface area contributed by atoms with Gasteiger partial charge in [0.1, 0.15) is 0 Å². The Morgan fingerprint density at radius 2 is 1.81 bits per heavy atom. The molecule has 0 radical (unpaired) electrons. The molecule has 0 N–H and O–H groups in total. The third kappa shape index (κ3) is 2.73. The van der Waals surface area contributed by atoms with Crippen LogP contribution in [0.3, 0.4) is 0 Å². The topological polar surface area (TPSA) is 52.6 Å². The number of urea groups is 1. The quantitative estimate of drug-likeness (QED) is 0.689. The van der Waals surface area contributed by atoms with Crippen molar-refractivity contribution in [3.8, 4) is 0 Å². The maximum absolute atomic E-state index is 13.3. The van der Waals surface area contributed by atoms with Gasteiger partial charge in [-0.25, -0.2) is 9.78 Å². The third-order valence-electron chi connectivity index (χ3n) is 5.44. The molecule has 2 aromatic heterocycles. The number of nitrogens with zero attached hydrogens (tertiary/aromatic N) is 5. The minimum Gasteiger partial charge on any atom is -0.370 e. The summed E-state index contributed by atoms with van der Waals surface area (Å²) >= 11 is 1.60. The molecule has 2 amide bonds. The minimum atomic E-state index is 0.0235. The lowest BCUT2D eigenvalue weighted by Crippen LogP contribution is -2.33. The molecule has 7 heteroatoms. The van der Waals surface area contributed by atoms with Crippen LogP contribution in [0.1, 0.15) is 18.5 Å². The van der Waals surface area contributed by atoms with Gasteiger partial charge in [-0.3, -0.25) is 14.8 Å². The number of hydrogen-bond acceptors (Lipinski definition) is 5. The molecule has 1 aromatic carbocycles. The second-order valence-corrected chi connectivity index (χ2v) is 7.93. The molecular weight excluding hydrogens is 358 g/mol. The van der Waals surface area contributed by atoms with E-state index in [4.69, 9.17) is 0 Å². The predicted octanol–water partition coefficient (Wildman–Crippen LogP) is 4.05. The first-order chi connectivity index (χ1) is 13.2. The molecule has 0 bridgehead atoms. The Labute approximate surface area is 162 Å². The monoisotopic (exact) mass is 379 g/mol. The fourth-order valence-corrected chi connectivity index (χ4v) is 4.80. The summed E-state index contributed by atoms with van der Waals surface area (Å²) in [7, 11) is 0. The number of pyridine rings is 1. The second kappa shape index (κ2) is 6.49. The van der Waals surface area contributed by atoms with Gasteiger partial charge in [0.2, 0.25) is 0 Å². The number of thiazole rings is 1. The zero-order chi connectivity index (χ0) is 18.4. The van der Waals surface area contributed by atoms with E-state index in [1.807, 2.05) is 46.6 Å². The van der Waals surface area contributed by atoms with Gasteiger partial charge in [0, 0.05) is 38.1 Å². The van der Waals surface area contributed by atoms with E-state index in [-0.39, 0.29) is 6.03 Å². The summed E-state index contributed by atoms with van der Waals surface area (Å²) in [5.74, 6) is 0. The number of aromatic nitrogens is 2. The maximum Gasteiger partial charge on any atom is 0.329 e. The molecule has 27 heavy (non-hydrogen) atoms. The van der Waals surface area contributed by atoms with Crippen molar-refractivity contribution in [2.24, 2.45) is 0 Å². The lowest BCUT2D eigenvalue weighted by molar-refractivity contribution is 0.256. The van der Waals surface area contributed by atoms with Gasteiger partial charge in [-0.05, 0) is 44.0 Å². The third-order valence-corrected chi connectivity index (χ3v) is 6.23. The van der Waals surface area contributed by atoms with Crippen molar-refractivity contribution < 1.29 is 4.79 Å². The van der Waals surface area contributed by atoms with Gasteiger partial charge >= 0.3 is 6.03 Å². The Morgan fingerprint density at radius 1 is 1.00 bits per heavy atom. The highest BCUT2D eigenvalue weighted by atomic mass is 32.1. The highest BCUT2D eigenvalue weighted by Crippen LogP contribution is 2.37. The molecular formula is C20H21N5OS. The van der Waals surface area contributed by atoms with Crippen molar-refractivity contribution in [1.82, 2.24) is 9.97 Å². The summed E-state index contributed by atoms with van der Waals surface area (Å²) in [6.45, 7) is 5.44. The average molecular weight is 379 g/mol.